The SMILES string of the molecule is CCc1ccc(CNc2ccc(Cl)cc2Cl)s1. The van der Waals surface area contributed by atoms with Crippen LogP contribution in [0, 0.1) is 0 Å². The zero-order valence-electron chi connectivity index (χ0n) is 9.47. The highest BCUT2D eigenvalue weighted by Crippen LogP contribution is 2.26. The molecule has 1 heterocycles. The minimum atomic E-state index is 0.657. The standard InChI is InChI=1S/C13H13Cl2NS/c1-2-10-4-5-11(17-10)8-16-13-6-3-9(14)7-12(13)15/h3-7,16H,2,8H2,1H3. The Balaban J connectivity index is 2.02. The van der Waals surface area contributed by atoms with E-state index >= 15 is 0 Å². The van der Waals surface area contributed by atoms with E-state index in [0.717, 1.165) is 18.7 Å². The van der Waals surface area contributed by atoms with Crippen LogP contribution in [0.25, 0.3) is 0 Å². The molecule has 1 N–H and O–H groups in total. The van der Waals surface area contributed by atoms with Gasteiger partial charge in [0.05, 0.1) is 10.7 Å². The number of halogens is 2. The maximum absolute atomic E-state index is 6.08. The van der Waals surface area contributed by atoms with E-state index in [1.54, 1.807) is 6.07 Å². The molecule has 0 spiro atoms. The maximum Gasteiger partial charge on any atom is 0.0652 e. The summed E-state index contributed by atoms with van der Waals surface area (Å²) in [6, 6.07) is 9.81. The van der Waals surface area contributed by atoms with Crippen LogP contribution in [0.5, 0.6) is 0 Å². The molecular formula is C13H13Cl2NS. The van der Waals surface area contributed by atoms with Gasteiger partial charge in [-0.15, -0.1) is 11.3 Å². The maximum atomic E-state index is 6.08. The second-order valence-corrected chi connectivity index (χ2v) is 5.80. The average molecular weight is 286 g/mol. The molecule has 0 saturated heterocycles. The smallest absolute Gasteiger partial charge is 0.0652 e. The molecule has 1 aromatic carbocycles. The largest absolute Gasteiger partial charge is 0.379 e. The Hall–Kier alpha value is -0.700. The molecule has 17 heavy (non-hydrogen) atoms. The monoisotopic (exact) mass is 285 g/mol. The minimum Gasteiger partial charge on any atom is -0.379 e. The number of aryl methyl sites for hydroxylation is 1. The van der Waals surface area contributed by atoms with E-state index in [1.807, 2.05) is 23.5 Å². The second-order valence-electron chi connectivity index (χ2n) is 3.70. The lowest BCUT2D eigenvalue weighted by atomic mass is 10.3. The molecule has 0 aliphatic rings. The summed E-state index contributed by atoms with van der Waals surface area (Å²) in [5.41, 5.74) is 0.919. The highest BCUT2D eigenvalue weighted by atomic mass is 35.5. The van der Waals surface area contributed by atoms with Crippen molar-refractivity contribution in [3.05, 3.63) is 50.1 Å². The summed E-state index contributed by atoms with van der Waals surface area (Å²) in [4.78, 5) is 2.72. The second kappa shape index (κ2) is 5.76. The van der Waals surface area contributed by atoms with Crippen LogP contribution in [0.4, 0.5) is 5.69 Å². The zero-order valence-corrected chi connectivity index (χ0v) is 11.8. The van der Waals surface area contributed by atoms with Crippen LogP contribution in [0.2, 0.25) is 10.0 Å². The predicted octanol–water partition coefficient (Wildman–Crippen LogP) is 5.23. The van der Waals surface area contributed by atoms with Crippen LogP contribution in [0.1, 0.15) is 16.7 Å². The Labute approximate surface area is 115 Å². The number of thiophene rings is 1. The summed E-state index contributed by atoms with van der Waals surface area (Å²) in [6.07, 6.45) is 1.09. The third kappa shape index (κ3) is 3.38. The van der Waals surface area contributed by atoms with Crippen LogP contribution >= 0.6 is 34.5 Å². The first kappa shape index (κ1) is 12.7. The first-order valence-electron chi connectivity index (χ1n) is 5.45. The van der Waals surface area contributed by atoms with E-state index in [2.05, 4.69) is 24.4 Å². The molecule has 2 aromatic rings. The van der Waals surface area contributed by atoms with Gasteiger partial charge in [-0.2, -0.15) is 0 Å². The molecule has 1 nitrogen and oxygen atoms in total. The van der Waals surface area contributed by atoms with Crippen LogP contribution in [0.3, 0.4) is 0 Å². The van der Waals surface area contributed by atoms with Gasteiger partial charge in [-0.3, -0.25) is 0 Å². The van der Waals surface area contributed by atoms with Gasteiger partial charge in [0.2, 0.25) is 0 Å². The lowest BCUT2D eigenvalue weighted by Crippen LogP contribution is -1.97. The number of nitrogens with one attached hydrogen (secondary N) is 1. The van der Waals surface area contributed by atoms with Gasteiger partial charge in [-0.05, 0) is 36.8 Å². The summed E-state index contributed by atoms with van der Waals surface area (Å²) in [5, 5.41) is 4.63. The Morgan fingerprint density at radius 3 is 2.53 bits per heavy atom. The molecule has 0 unspecified atom stereocenters. The van der Waals surface area contributed by atoms with Gasteiger partial charge < -0.3 is 5.32 Å². The topological polar surface area (TPSA) is 12.0 Å². The molecule has 0 atom stereocenters. The zero-order chi connectivity index (χ0) is 12.3. The van der Waals surface area contributed by atoms with E-state index in [4.69, 9.17) is 23.2 Å². The Bertz CT molecular complexity index is 508. The van der Waals surface area contributed by atoms with Crippen molar-refractivity contribution in [3.8, 4) is 0 Å². The van der Waals surface area contributed by atoms with Crippen molar-refractivity contribution >= 4 is 40.2 Å². The predicted molar refractivity (Wildman–Crippen MR) is 77.5 cm³/mol. The lowest BCUT2D eigenvalue weighted by Gasteiger charge is -2.07. The van der Waals surface area contributed by atoms with Gasteiger partial charge in [-0.1, -0.05) is 30.1 Å². The van der Waals surface area contributed by atoms with Crippen molar-refractivity contribution in [2.45, 2.75) is 19.9 Å². The molecule has 90 valence electrons. The number of hydrogen-bond donors (Lipinski definition) is 1. The van der Waals surface area contributed by atoms with Crippen molar-refractivity contribution in [1.82, 2.24) is 0 Å². The average Bonchev–Trinajstić information content (AvgIpc) is 2.76. The van der Waals surface area contributed by atoms with Crippen molar-refractivity contribution in [2.75, 3.05) is 5.32 Å². The van der Waals surface area contributed by atoms with Gasteiger partial charge >= 0.3 is 0 Å². The van der Waals surface area contributed by atoms with Crippen molar-refractivity contribution in [3.63, 3.8) is 0 Å². The Morgan fingerprint density at radius 1 is 1.12 bits per heavy atom. The van der Waals surface area contributed by atoms with Crippen LogP contribution in [0.15, 0.2) is 30.3 Å². The lowest BCUT2D eigenvalue weighted by molar-refractivity contribution is 1.19. The van der Waals surface area contributed by atoms with E-state index in [0.29, 0.717) is 10.0 Å². The molecule has 2 rings (SSSR count). The van der Waals surface area contributed by atoms with E-state index in [-0.39, 0.29) is 0 Å². The highest BCUT2D eigenvalue weighted by molar-refractivity contribution is 7.12. The van der Waals surface area contributed by atoms with Crippen LogP contribution < -0.4 is 5.32 Å². The Morgan fingerprint density at radius 2 is 1.88 bits per heavy atom. The first-order valence-corrected chi connectivity index (χ1v) is 7.03. The van der Waals surface area contributed by atoms with E-state index in [1.165, 1.54) is 9.75 Å². The van der Waals surface area contributed by atoms with Gasteiger partial charge in [-0.25, -0.2) is 0 Å². The molecular weight excluding hydrogens is 273 g/mol. The summed E-state index contributed by atoms with van der Waals surface area (Å²) in [6.45, 7) is 2.96. The molecule has 0 radical (unpaired) electrons. The summed E-state index contributed by atoms with van der Waals surface area (Å²) >= 11 is 13.8. The highest BCUT2D eigenvalue weighted by Gasteiger charge is 2.02. The first-order chi connectivity index (χ1) is 8.19. The van der Waals surface area contributed by atoms with Crippen LogP contribution in [-0.4, -0.2) is 0 Å². The summed E-state index contributed by atoms with van der Waals surface area (Å²) < 4.78 is 0. The third-order valence-corrected chi connectivity index (χ3v) is 4.23. The fourth-order valence-corrected chi connectivity index (χ4v) is 2.90. The van der Waals surface area contributed by atoms with Crippen molar-refractivity contribution < 1.29 is 0 Å². The molecule has 0 saturated carbocycles. The minimum absolute atomic E-state index is 0.657. The number of rotatable bonds is 4. The molecule has 0 bridgehead atoms. The van der Waals surface area contributed by atoms with Crippen LogP contribution in [-0.2, 0) is 13.0 Å². The van der Waals surface area contributed by atoms with Gasteiger partial charge in [0.15, 0.2) is 0 Å². The number of benzene rings is 1. The van der Waals surface area contributed by atoms with E-state index in [9.17, 15) is 0 Å². The molecule has 0 aliphatic heterocycles. The Kier molecular flexibility index (Phi) is 4.32. The summed E-state index contributed by atoms with van der Waals surface area (Å²) in [5.74, 6) is 0. The molecule has 0 aliphatic carbocycles. The van der Waals surface area contributed by atoms with Crippen molar-refractivity contribution in [1.29, 1.82) is 0 Å². The quantitative estimate of drug-likeness (QED) is 0.811. The number of hydrogen-bond acceptors (Lipinski definition) is 2. The molecule has 4 heteroatoms. The summed E-state index contributed by atoms with van der Waals surface area (Å²) in [7, 11) is 0. The van der Waals surface area contributed by atoms with E-state index < -0.39 is 0 Å². The van der Waals surface area contributed by atoms with Gasteiger partial charge in [0, 0.05) is 21.3 Å². The molecule has 0 fully saturated rings. The fourth-order valence-electron chi connectivity index (χ4n) is 1.52. The number of anilines is 1. The van der Waals surface area contributed by atoms with Gasteiger partial charge in [0.1, 0.15) is 0 Å². The fraction of sp³-hybridized carbons (Fsp3) is 0.231. The third-order valence-electron chi connectivity index (χ3n) is 2.45. The van der Waals surface area contributed by atoms with Crippen molar-refractivity contribution in [2.24, 2.45) is 0 Å². The normalized spacial score (nSPS) is 10.5. The van der Waals surface area contributed by atoms with Gasteiger partial charge in [0.25, 0.3) is 0 Å². The molecule has 0 amide bonds. The molecule has 1 aromatic heterocycles.